The minimum atomic E-state index is -0.309. The maximum atomic E-state index is 12.0. The summed E-state index contributed by atoms with van der Waals surface area (Å²) in [5, 5.41) is 13.9. The molecule has 1 aromatic carbocycles. The molecule has 0 saturated carbocycles. The van der Waals surface area contributed by atoms with E-state index in [4.69, 9.17) is 5.73 Å². The van der Waals surface area contributed by atoms with Gasteiger partial charge in [-0.2, -0.15) is 0 Å². The third-order valence-corrected chi connectivity index (χ3v) is 3.71. The van der Waals surface area contributed by atoms with Crippen LogP contribution in [0.3, 0.4) is 0 Å². The largest absolute Gasteiger partial charge is 0.397 e. The Morgan fingerprint density at radius 3 is 2.63 bits per heavy atom. The summed E-state index contributed by atoms with van der Waals surface area (Å²) in [6.45, 7) is -0.105. The number of nitrogens with two attached hydrogens (primary N) is 1. The van der Waals surface area contributed by atoms with Crippen molar-refractivity contribution >= 4 is 22.9 Å². The molecule has 0 saturated heterocycles. The summed E-state index contributed by atoms with van der Waals surface area (Å²) in [4.78, 5) is 12.5. The van der Waals surface area contributed by atoms with E-state index in [2.05, 4.69) is 5.32 Å². The Bertz CT molecular complexity index is 539. The zero-order valence-corrected chi connectivity index (χ0v) is 11.2. The number of anilines is 1. The molecule has 0 aliphatic heterocycles. The van der Waals surface area contributed by atoms with Crippen molar-refractivity contribution in [1.29, 1.82) is 0 Å². The van der Waals surface area contributed by atoms with E-state index in [0.29, 0.717) is 17.0 Å². The average molecular weight is 276 g/mol. The highest BCUT2D eigenvalue weighted by Crippen LogP contribution is 2.18. The van der Waals surface area contributed by atoms with Gasteiger partial charge in [-0.25, -0.2) is 0 Å². The number of hydrogen-bond acceptors (Lipinski definition) is 4. The zero-order valence-electron chi connectivity index (χ0n) is 10.4. The lowest BCUT2D eigenvalue weighted by Gasteiger charge is -2.16. The highest BCUT2D eigenvalue weighted by Gasteiger charge is 2.16. The topological polar surface area (TPSA) is 75.4 Å². The zero-order chi connectivity index (χ0) is 13.7. The Morgan fingerprint density at radius 2 is 2.05 bits per heavy atom. The molecule has 19 heavy (non-hydrogen) atoms. The SMILES string of the molecule is Nc1ccsc1C(=O)N[C@H](CO)Cc1ccccc1. The Hall–Kier alpha value is -1.85. The number of aliphatic hydroxyl groups is 1. The Balaban J connectivity index is 2.00. The molecule has 0 unspecified atom stereocenters. The van der Waals surface area contributed by atoms with Gasteiger partial charge in [-0.05, 0) is 23.4 Å². The van der Waals surface area contributed by atoms with Crippen molar-refractivity contribution in [2.24, 2.45) is 0 Å². The van der Waals surface area contributed by atoms with Gasteiger partial charge in [0.25, 0.3) is 5.91 Å². The van der Waals surface area contributed by atoms with Gasteiger partial charge in [-0.15, -0.1) is 11.3 Å². The molecule has 0 spiro atoms. The van der Waals surface area contributed by atoms with Gasteiger partial charge in [-0.1, -0.05) is 30.3 Å². The van der Waals surface area contributed by atoms with Crippen LogP contribution in [0.5, 0.6) is 0 Å². The number of rotatable bonds is 5. The Kier molecular flexibility index (Phi) is 4.54. The molecule has 1 aromatic heterocycles. The molecule has 4 nitrogen and oxygen atoms in total. The van der Waals surface area contributed by atoms with E-state index in [1.807, 2.05) is 30.3 Å². The Labute approximate surface area is 115 Å². The van der Waals surface area contributed by atoms with Crippen molar-refractivity contribution in [1.82, 2.24) is 5.32 Å². The number of aliphatic hydroxyl groups excluding tert-OH is 1. The predicted molar refractivity (Wildman–Crippen MR) is 77.2 cm³/mol. The molecule has 0 aliphatic carbocycles. The number of nitrogens with one attached hydrogen (secondary N) is 1. The van der Waals surface area contributed by atoms with Crippen molar-refractivity contribution in [3.63, 3.8) is 0 Å². The van der Waals surface area contributed by atoms with Crippen LogP contribution in [-0.2, 0) is 6.42 Å². The molecule has 4 N–H and O–H groups in total. The number of benzene rings is 1. The number of thiophene rings is 1. The number of hydrogen-bond donors (Lipinski definition) is 3. The van der Waals surface area contributed by atoms with Crippen LogP contribution in [0.1, 0.15) is 15.2 Å². The van der Waals surface area contributed by atoms with E-state index in [9.17, 15) is 9.90 Å². The molecule has 0 aliphatic rings. The molecule has 1 atom stereocenters. The van der Waals surface area contributed by atoms with Crippen LogP contribution < -0.4 is 11.1 Å². The van der Waals surface area contributed by atoms with Crippen LogP contribution in [0.2, 0.25) is 0 Å². The minimum Gasteiger partial charge on any atom is -0.397 e. The first-order valence-corrected chi connectivity index (χ1v) is 6.87. The second-order valence-electron chi connectivity index (χ2n) is 4.25. The van der Waals surface area contributed by atoms with E-state index >= 15 is 0 Å². The molecule has 2 aromatic rings. The average Bonchev–Trinajstić information content (AvgIpc) is 2.85. The normalized spacial score (nSPS) is 12.1. The van der Waals surface area contributed by atoms with Crippen molar-refractivity contribution in [3.8, 4) is 0 Å². The van der Waals surface area contributed by atoms with Gasteiger partial charge in [-0.3, -0.25) is 4.79 Å². The molecule has 2 rings (SSSR count). The predicted octanol–water partition coefficient (Wildman–Crippen LogP) is 1.66. The summed E-state index contributed by atoms with van der Waals surface area (Å²) < 4.78 is 0. The first kappa shape index (κ1) is 13.6. The molecular weight excluding hydrogens is 260 g/mol. The van der Waals surface area contributed by atoms with Crippen molar-refractivity contribution in [2.45, 2.75) is 12.5 Å². The van der Waals surface area contributed by atoms with Gasteiger partial charge in [0.15, 0.2) is 0 Å². The van der Waals surface area contributed by atoms with Crippen LogP contribution in [-0.4, -0.2) is 23.7 Å². The summed E-state index contributed by atoms with van der Waals surface area (Å²) in [6.07, 6.45) is 0.592. The monoisotopic (exact) mass is 276 g/mol. The lowest BCUT2D eigenvalue weighted by Crippen LogP contribution is -2.39. The van der Waals surface area contributed by atoms with E-state index < -0.39 is 0 Å². The minimum absolute atomic E-state index is 0.105. The molecule has 5 heteroatoms. The van der Waals surface area contributed by atoms with Gasteiger partial charge in [0, 0.05) is 0 Å². The van der Waals surface area contributed by atoms with E-state index in [0.717, 1.165) is 5.56 Å². The van der Waals surface area contributed by atoms with Crippen molar-refractivity contribution in [3.05, 3.63) is 52.2 Å². The van der Waals surface area contributed by atoms with Crippen LogP contribution in [0.15, 0.2) is 41.8 Å². The van der Waals surface area contributed by atoms with Crippen molar-refractivity contribution in [2.75, 3.05) is 12.3 Å². The van der Waals surface area contributed by atoms with Crippen molar-refractivity contribution < 1.29 is 9.90 Å². The Morgan fingerprint density at radius 1 is 1.32 bits per heavy atom. The van der Waals surface area contributed by atoms with Gasteiger partial charge < -0.3 is 16.2 Å². The highest BCUT2D eigenvalue weighted by molar-refractivity contribution is 7.12. The fourth-order valence-corrected chi connectivity index (χ4v) is 2.54. The van der Waals surface area contributed by atoms with Crippen LogP contribution in [0, 0.1) is 0 Å². The quantitative estimate of drug-likeness (QED) is 0.777. The number of carbonyl (C=O) groups is 1. The second-order valence-corrected chi connectivity index (χ2v) is 5.16. The van der Waals surface area contributed by atoms with E-state index in [1.54, 1.807) is 11.4 Å². The fourth-order valence-electron chi connectivity index (χ4n) is 1.81. The number of nitrogen functional groups attached to an aromatic ring is 1. The van der Waals surface area contributed by atoms with E-state index in [-0.39, 0.29) is 18.6 Å². The molecule has 1 heterocycles. The fraction of sp³-hybridized carbons (Fsp3) is 0.214. The van der Waals surface area contributed by atoms with Gasteiger partial charge in [0.1, 0.15) is 4.88 Å². The first-order chi connectivity index (χ1) is 9.20. The summed E-state index contributed by atoms with van der Waals surface area (Å²) >= 11 is 1.30. The molecule has 0 fully saturated rings. The van der Waals surface area contributed by atoms with Gasteiger partial charge in [0.2, 0.25) is 0 Å². The molecule has 100 valence electrons. The van der Waals surface area contributed by atoms with Gasteiger partial charge >= 0.3 is 0 Å². The standard InChI is InChI=1S/C14H16N2O2S/c15-12-6-7-19-13(12)14(18)16-11(9-17)8-10-4-2-1-3-5-10/h1-7,11,17H,8-9,15H2,(H,16,18)/t11-/m0/s1. The third kappa shape index (κ3) is 3.56. The van der Waals surface area contributed by atoms with E-state index in [1.165, 1.54) is 11.3 Å². The number of carbonyl (C=O) groups excluding carboxylic acids is 1. The highest BCUT2D eigenvalue weighted by atomic mass is 32.1. The summed E-state index contributed by atoms with van der Waals surface area (Å²) in [6, 6.07) is 11.1. The van der Waals surface area contributed by atoms with Crippen LogP contribution in [0.4, 0.5) is 5.69 Å². The smallest absolute Gasteiger partial charge is 0.263 e. The maximum absolute atomic E-state index is 12.0. The second kappa shape index (κ2) is 6.36. The number of amides is 1. The lowest BCUT2D eigenvalue weighted by molar-refractivity contribution is 0.0921. The molecule has 0 radical (unpaired) electrons. The summed E-state index contributed by atoms with van der Waals surface area (Å²) in [5.74, 6) is -0.234. The summed E-state index contributed by atoms with van der Waals surface area (Å²) in [7, 11) is 0. The molecule has 0 bridgehead atoms. The van der Waals surface area contributed by atoms with Gasteiger partial charge in [0.05, 0.1) is 18.3 Å². The molecular formula is C14H16N2O2S. The summed E-state index contributed by atoms with van der Waals surface area (Å²) in [5.41, 5.74) is 7.24. The first-order valence-electron chi connectivity index (χ1n) is 5.99. The third-order valence-electron chi connectivity index (χ3n) is 2.78. The molecule has 1 amide bonds. The van der Waals surface area contributed by atoms with Crippen LogP contribution >= 0.6 is 11.3 Å². The lowest BCUT2D eigenvalue weighted by atomic mass is 10.1. The van der Waals surface area contributed by atoms with Crippen LogP contribution in [0.25, 0.3) is 0 Å². The maximum Gasteiger partial charge on any atom is 0.263 e.